The van der Waals surface area contributed by atoms with Crippen LogP contribution in [0.25, 0.3) is 0 Å². The second-order valence-corrected chi connectivity index (χ2v) is 2.17. The smallest absolute Gasteiger partial charge is 0.0865 e. The Morgan fingerprint density at radius 3 is 3.00 bits per heavy atom. The minimum Gasteiger partial charge on any atom is -0.388 e. The summed E-state index contributed by atoms with van der Waals surface area (Å²) in [4.78, 5) is 0. The van der Waals surface area contributed by atoms with Gasteiger partial charge in [-0.1, -0.05) is 24.5 Å². The molecule has 0 aliphatic heterocycles. The number of rotatable bonds is 2. The van der Waals surface area contributed by atoms with Gasteiger partial charge in [-0.25, -0.2) is 0 Å². The van der Waals surface area contributed by atoms with Crippen molar-refractivity contribution in [2.45, 2.75) is 19.4 Å². The average molecular weight is 134 g/mol. The molecule has 1 aliphatic rings. The number of hydrogen-bond acceptors (Lipinski definition) is 1. The summed E-state index contributed by atoms with van der Waals surface area (Å²) >= 11 is 0. The van der Waals surface area contributed by atoms with E-state index in [0.29, 0.717) is 0 Å². The molecule has 0 amide bonds. The van der Waals surface area contributed by atoms with Crippen LogP contribution in [0.5, 0.6) is 0 Å². The zero-order chi connectivity index (χ0) is 7.40. The molecule has 0 aromatic carbocycles. The highest BCUT2D eigenvalue weighted by atomic mass is 16.3. The average Bonchev–Trinajstić information content (AvgIpc) is 2.05. The summed E-state index contributed by atoms with van der Waals surface area (Å²) in [6.07, 6.45) is 5.83. The van der Waals surface area contributed by atoms with Gasteiger partial charge in [0.25, 0.3) is 0 Å². The number of hydrogen-bond donors (Lipinski definition) is 1. The van der Waals surface area contributed by atoms with Crippen LogP contribution >= 0.6 is 0 Å². The van der Waals surface area contributed by atoms with Crippen LogP contribution in [0.3, 0.4) is 0 Å². The summed E-state index contributed by atoms with van der Waals surface area (Å²) in [5.74, 6) is 0. The first-order chi connectivity index (χ1) is 4.84. The van der Waals surface area contributed by atoms with Crippen LogP contribution in [0.4, 0.5) is 0 Å². The Morgan fingerprint density at radius 1 is 1.70 bits per heavy atom. The van der Waals surface area contributed by atoms with Crippen molar-refractivity contribution in [1.29, 1.82) is 0 Å². The molecule has 0 heterocycles. The molecule has 1 aliphatic carbocycles. The molecule has 0 saturated heterocycles. The maximum atomic E-state index is 9.28. The minimum absolute atomic E-state index is 0.377. The minimum atomic E-state index is -0.377. The molecular weight excluding hydrogens is 124 g/mol. The van der Waals surface area contributed by atoms with Crippen molar-refractivity contribution in [2.24, 2.45) is 0 Å². The summed E-state index contributed by atoms with van der Waals surface area (Å²) in [5, 5.41) is 9.28. The molecule has 1 nitrogen and oxygen atoms in total. The monoisotopic (exact) mass is 134 g/mol. The Labute approximate surface area is 60.7 Å². The topological polar surface area (TPSA) is 20.2 Å². The van der Waals surface area contributed by atoms with Gasteiger partial charge in [-0.2, -0.15) is 0 Å². The molecule has 0 aromatic rings. The number of aliphatic hydroxyl groups is 1. The quantitative estimate of drug-likeness (QED) is 0.568. The second kappa shape index (κ2) is 3.24. The van der Waals surface area contributed by atoms with Crippen molar-refractivity contribution in [1.82, 2.24) is 0 Å². The van der Waals surface area contributed by atoms with E-state index < -0.39 is 0 Å². The van der Waals surface area contributed by atoms with Gasteiger partial charge in [0.1, 0.15) is 0 Å². The van der Waals surface area contributed by atoms with E-state index in [9.17, 15) is 5.11 Å². The molecule has 1 unspecified atom stereocenters. The van der Waals surface area contributed by atoms with E-state index in [1.165, 1.54) is 0 Å². The molecule has 0 bridgehead atoms. The Morgan fingerprint density at radius 2 is 2.50 bits per heavy atom. The third-order valence-corrected chi connectivity index (χ3v) is 1.42. The Hall–Kier alpha value is -1.00. The SMILES string of the molecule is CCC(O)C1=C=C=CC=C1. The summed E-state index contributed by atoms with van der Waals surface area (Å²) < 4.78 is 0. The zero-order valence-corrected chi connectivity index (χ0v) is 5.96. The predicted molar refractivity (Wildman–Crippen MR) is 40.5 cm³/mol. The lowest BCUT2D eigenvalue weighted by atomic mass is 10.1. The summed E-state index contributed by atoms with van der Waals surface area (Å²) in [6, 6.07) is 0. The molecule has 10 heavy (non-hydrogen) atoms. The lowest BCUT2D eigenvalue weighted by Crippen LogP contribution is -2.05. The van der Waals surface area contributed by atoms with E-state index in [2.05, 4.69) is 11.5 Å². The van der Waals surface area contributed by atoms with E-state index in [4.69, 9.17) is 0 Å². The Bertz CT molecular complexity index is 235. The van der Waals surface area contributed by atoms with Crippen LogP contribution < -0.4 is 0 Å². The van der Waals surface area contributed by atoms with E-state index in [0.717, 1.165) is 12.0 Å². The first-order valence-electron chi connectivity index (χ1n) is 3.41. The fourth-order valence-corrected chi connectivity index (χ4v) is 0.781. The van der Waals surface area contributed by atoms with Gasteiger partial charge in [0.15, 0.2) is 0 Å². The molecule has 0 spiro atoms. The first-order valence-corrected chi connectivity index (χ1v) is 3.41. The van der Waals surface area contributed by atoms with Crippen LogP contribution in [-0.4, -0.2) is 11.2 Å². The largest absolute Gasteiger partial charge is 0.388 e. The third-order valence-electron chi connectivity index (χ3n) is 1.42. The summed E-state index contributed by atoms with van der Waals surface area (Å²) in [6.45, 7) is 1.94. The molecule has 0 fully saturated rings. The Kier molecular flexibility index (Phi) is 2.30. The van der Waals surface area contributed by atoms with Crippen molar-refractivity contribution in [3.63, 3.8) is 0 Å². The molecule has 52 valence electrons. The lowest BCUT2D eigenvalue weighted by Gasteiger charge is -2.05. The van der Waals surface area contributed by atoms with E-state index in [1.54, 1.807) is 6.08 Å². The van der Waals surface area contributed by atoms with Crippen molar-refractivity contribution in [2.75, 3.05) is 0 Å². The molecule has 1 atom stereocenters. The molecule has 1 rings (SSSR count). The van der Waals surface area contributed by atoms with Gasteiger partial charge in [0, 0.05) is 5.57 Å². The van der Waals surface area contributed by atoms with Gasteiger partial charge in [0.05, 0.1) is 6.10 Å². The van der Waals surface area contributed by atoms with Gasteiger partial charge >= 0.3 is 0 Å². The van der Waals surface area contributed by atoms with Crippen LogP contribution in [0.1, 0.15) is 13.3 Å². The third kappa shape index (κ3) is 1.49. The van der Waals surface area contributed by atoms with Gasteiger partial charge in [-0.3, -0.25) is 0 Å². The molecular formula is C9H10O. The summed E-state index contributed by atoms with van der Waals surface area (Å²) in [7, 11) is 0. The summed E-state index contributed by atoms with van der Waals surface area (Å²) in [5.41, 5.74) is 6.46. The van der Waals surface area contributed by atoms with Crippen molar-refractivity contribution >= 4 is 0 Å². The standard InChI is InChI=1S/C9H10O/c1-2-9(10)8-6-4-3-5-7-8/h3-4,6,9-10H,2H2,1H3. The molecule has 1 N–H and O–H groups in total. The van der Waals surface area contributed by atoms with Crippen molar-refractivity contribution in [3.05, 3.63) is 35.3 Å². The lowest BCUT2D eigenvalue weighted by molar-refractivity contribution is 0.210. The number of aliphatic hydroxyl groups excluding tert-OH is 1. The van der Waals surface area contributed by atoms with Crippen LogP contribution in [0.15, 0.2) is 35.3 Å². The fraction of sp³-hybridized carbons (Fsp3) is 0.333. The second-order valence-electron chi connectivity index (χ2n) is 2.17. The highest BCUT2D eigenvalue weighted by Crippen LogP contribution is 2.07. The first kappa shape index (κ1) is 7.11. The fourth-order valence-electron chi connectivity index (χ4n) is 0.781. The van der Waals surface area contributed by atoms with Gasteiger partial charge in [-0.15, -0.1) is 0 Å². The maximum Gasteiger partial charge on any atom is 0.0865 e. The molecule has 0 aromatic heterocycles. The van der Waals surface area contributed by atoms with Gasteiger partial charge < -0.3 is 5.11 Å². The van der Waals surface area contributed by atoms with Gasteiger partial charge in [-0.05, 0) is 18.6 Å². The molecule has 0 saturated carbocycles. The van der Waals surface area contributed by atoms with Crippen LogP contribution in [0.2, 0.25) is 0 Å². The van der Waals surface area contributed by atoms with E-state index in [1.807, 2.05) is 19.1 Å². The van der Waals surface area contributed by atoms with Crippen molar-refractivity contribution in [3.8, 4) is 0 Å². The van der Waals surface area contributed by atoms with E-state index in [-0.39, 0.29) is 6.10 Å². The normalized spacial score (nSPS) is 17.2. The zero-order valence-electron chi connectivity index (χ0n) is 5.96. The molecule has 0 radical (unpaired) electrons. The van der Waals surface area contributed by atoms with Crippen molar-refractivity contribution < 1.29 is 5.11 Å². The van der Waals surface area contributed by atoms with Crippen LogP contribution in [-0.2, 0) is 0 Å². The van der Waals surface area contributed by atoms with Gasteiger partial charge in [0.2, 0.25) is 0 Å². The predicted octanol–water partition coefficient (Wildman–Crippen LogP) is 1.56. The molecule has 1 heteroatoms. The number of allylic oxidation sites excluding steroid dienone is 2. The Balaban J connectivity index is 2.82. The maximum absolute atomic E-state index is 9.28. The highest BCUT2D eigenvalue weighted by Gasteiger charge is 2.03. The van der Waals surface area contributed by atoms with E-state index >= 15 is 0 Å². The van der Waals surface area contributed by atoms with Crippen LogP contribution in [0, 0.1) is 0 Å². The highest BCUT2D eigenvalue weighted by molar-refractivity contribution is 5.28.